The van der Waals surface area contributed by atoms with E-state index in [0.717, 1.165) is 42.9 Å². The molecule has 100 valence electrons. The largest absolute Gasteiger partial charge is 0.491 e. The zero-order chi connectivity index (χ0) is 13.0. The van der Waals surface area contributed by atoms with Gasteiger partial charge in [-0.15, -0.1) is 0 Å². The van der Waals surface area contributed by atoms with Crippen LogP contribution in [-0.2, 0) is 0 Å². The highest BCUT2D eigenvalue weighted by atomic mass is 79.9. The molecule has 0 radical (unpaired) electrons. The standard InChI is InChI=1S/C13H18BrClN2O/c1-16-5-7-17(8-6-16)9-10-18-12-4-2-3-11(14)13(12)15/h2-4H,5-10H2,1H3. The molecule has 0 spiro atoms. The Labute approximate surface area is 122 Å². The van der Waals surface area contributed by atoms with Crippen LogP contribution in [0.25, 0.3) is 0 Å². The quantitative estimate of drug-likeness (QED) is 0.842. The molecule has 1 aliphatic rings. The molecule has 0 aromatic heterocycles. The van der Waals surface area contributed by atoms with Crippen molar-refractivity contribution in [3.63, 3.8) is 0 Å². The number of likely N-dealkylation sites (N-methyl/N-ethyl adjacent to an activating group) is 1. The molecule has 1 aromatic carbocycles. The van der Waals surface area contributed by atoms with Crippen molar-refractivity contribution in [1.82, 2.24) is 9.80 Å². The van der Waals surface area contributed by atoms with Crippen LogP contribution >= 0.6 is 27.5 Å². The van der Waals surface area contributed by atoms with Gasteiger partial charge in [0.1, 0.15) is 12.4 Å². The molecule has 0 unspecified atom stereocenters. The van der Waals surface area contributed by atoms with E-state index in [9.17, 15) is 0 Å². The van der Waals surface area contributed by atoms with Gasteiger partial charge in [0.15, 0.2) is 0 Å². The molecule has 0 bridgehead atoms. The van der Waals surface area contributed by atoms with E-state index < -0.39 is 0 Å². The molecule has 1 aliphatic heterocycles. The maximum Gasteiger partial charge on any atom is 0.139 e. The second-order valence-corrected chi connectivity index (χ2v) is 5.78. The van der Waals surface area contributed by atoms with Gasteiger partial charge < -0.3 is 9.64 Å². The predicted molar refractivity (Wildman–Crippen MR) is 78.6 cm³/mol. The van der Waals surface area contributed by atoms with Crippen molar-refractivity contribution in [2.75, 3.05) is 46.4 Å². The Morgan fingerprint density at radius 1 is 1.28 bits per heavy atom. The maximum atomic E-state index is 6.14. The Kier molecular flexibility index (Phi) is 5.30. The number of benzene rings is 1. The zero-order valence-electron chi connectivity index (χ0n) is 10.5. The summed E-state index contributed by atoms with van der Waals surface area (Å²) in [5.74, 6) is 0.750. The molecule has 0 saturated carbocycles. The van der Waals surface area contributed by atoms with Crippen LogP contribution in [0.15, 0.2) is 22.7 Å². The number of nitrogens with zero attached hydrogens (tertiary/aromatic N) is 2. The monoisotopic (exact) mass is 332 g/mol. The van der Waals surface area contributed by atoms with Crippen LogP contribution in [0.2, 0.25) is 5.02 Å². The van der Waals surface area contributed by atoms with Crippen molar-refractivity contribution in [2.45, 2.75) is 0 Å². The Balaban J connectivity index is 1.77. The molecular formula is C13H18BrClN2O. The summed E-state index contributed by atoms with van der Waals surface area (Å²) in [5, 5.41) is 0.649. The van der Waals surface area contributed by atoms with E-state index in [4.69, 9.17) is 16.3 Å². The average molecular weight is 334 g/mol. The molecular weight excluding hydrogens is 316 g/mol. The summed E-state index contributed by atoms with van der Waals surface area (Å²) in [7, 11) is 2.16. The van der Waals surface area contributed by atoms with Gasteiger partial charge in [0, 0.05) is 37.2 Å². The molecule has 1 aromatic rings. The number of ether oxygens (including phenoxy) is 1. The van der Waals surface area contributed by atoms with E-state index in [2.05, 4.69) is 32.8 Å². The summed E-state index contributed by atoms with van der Waals surface area (Å²) in [6.45, 7) is 6.14. The number of hydrogen-bond donors (Lipinski definition) is 0. The summed E-state index contributed by atoms with van der Waals surface area (Å²) in [5.41, 5.74) is 0. The first-order valence-electron chi connectivity index (χ1n) is 6.14. The molecule has 1 heterocycles. The Morgan fingerprint density at radius 3 is 2.72 bits per heavy atom. The fourth-order valence-corrected chi connectivity index (χ4v) is 2.48. The summed E-state index contributed by atoms with van der Waals surface area (Å²) >= 11 is 9.53. The molecule has 18 heavy (non-hydrogen) atoms. The molecule has 0 atom stereocenters. The molecule has 0 amide bonds. The fourth-order valence-electron chi connectivity index (χ4n) is 1.95. The van der Waals surface area contributed by atoms with E-state index in [1.165, 1.54) is 0 Å². The van der Waals surface area contributed by atoms with Crippen molar-refractivity contribution in [3.8, 4) is 5.75 Å². The van der Waals surface area contributed by atoms with Gasteiger partial charge in [-0.2, -0.15) is 0 Å². The lowest BCUT2D eigenvalue weighted by Gasteiger charge is -2.32. The van der Waals surface area contributed by atoms with Gasteiger partial charge in [-0.05, 0) is 35.1 Å². The summed E-state index contributed by atoms with van der Waals surface area (Å²) < 4.78 is 6.61. The molecule has 0 N–H and O–H groups in total. The second kappa shape index (κ2) is 6.75. The number of rotatable bonds is 4. The minimum Gasteiger partial charge on any atom is -0.491 e. The lowest BCUT2D eigenvalue weighted by atomic mass is 10.3. The third-order valence-electron chi connectivity index (χ3n) is 3.18. The topological polar surface area (TPSA) is 15.7 Å². The van der Waals surface area contributed by atoms with Crippen LogP contribution in [-0.4, -0.2) is 56.2 Å². The predicted octanol–water partition coefficient (Wildman–Crippen LogP) is 2.73. The minimum atomic E-state index is 0.649. The van der Waals surface area contributed by atoms with Gasteiger partial charge in [-0.1, -0.05) is 17.7 Å². The second-order valence-electron chi connectivity index (χ2n) is 4.55. The third kappa shape index (κ3) is 3.85. The van der Waals surface area contributed by atoms with E-state index >= 15 is 0 Å². The first-order valence-corrected chi connectivity index (χ1v) is 7.31. The van der Waals surface area contributed by atoms with Gasteiger partial charge in [0.2, 0.25) is 0 Å². The van der Waals surface area contributed by atoms with Crippen LogP contribution in [0.5, 0.6) is 5.75 Å². The lowest BCUT2D eigenvalue weighted by molar-refractivity contribution is 0.134. The SMILES string of the molecule is CN1CCN(CCOc2cccc(Br)c2Cl)CC1. The molecule has 2 rings (SSSR count). The molecule has 3 nitrogen and oxygen atoms in total. The van der Waals surface area contributed by atoms with Crippen molar-refractivity contribution in [2.24, 2.45) is 0 Å². The molecule has 5 heteroatoms. The van der Waals surface area contributed by atoms with Crippen molar-refractivity contribution in [3.05, 3.63) is 27.7 Å². The van der Waals surface area contributed by atoms with Gasteiger partial charge in [0.05, 0.1) is 5.02 Å². The van der Waals surface area contributed by atoms with Crippen LogP contribution in [0, 0.1) is 0 Å². The molecule has 1 fully saturated rings. The summed E-state index contributed by atoms with van der Waals surface area (Å²) in [4.78, 5) is 4.77. The third-order valence-corrected chi connectivity index (χ3v) is 4.46. The first-order chi connectivity index (χ1) is 8.66. The van der Waals surface area contributed by atoms with Crippen molar-refractivity contribution in [1.29, 1.82) is 0 Å². The van der Waals surface area contributed by atoms with Crippen LogP contribution in [0.4, 0.5) is 0 Å². The van der Waals surface area contributed by atoms with Crippen molar-refractivity contribution >= 4 is 27.5 Å². The van der Waals surface area contributed by atoms with E-state index in [1.807, 2.05) is 18.2 Å². The van der Waals surface area contributed by atoms with E-state index in [-0.39, 0.29) is 0 Å². The fraction of sp³-hybridized carbons (Fsp3) is 0.538. The Morgan fingerprint density at radius 2 is 2.00 bits per heavy atom. The number of hydrogen-bond acceptors (Lipinski definition) is 3. The number of halogens is 2. The van der Waals surface area contributed by atoms with Crippen LogP contribution in [0.3, 0.4) is 0 Å². The average Bonchev–Trinajstić information content (AvgIpc) is 2.37. The van der Waals surface area contributed by atoms with Gasteiger partial charge in [-0.25, -0.2) is 0 Å². The van der Waals surface area contributed by atoms with Crippen molar-refractivity contribution < 1.29 is 4.74 Å². The molecule has 0 aliphatic carbocycles. The van der Waals surface area contributed by atoms with Crippen LogP contribution in [0.1, 0.15) is 0 Å². The highest BCUT2D eigenvalue weighted by molar-refractivity contribution is 9.10. The number of piperazine rings is 1. The lowest BCUT2D eigenvalue weighted by Crippen LogP contribution is -2.45. The van der Waals surface area contributed by atoms with Gasteiger partial charge in [0.25, 0.3) is 0 Å². The van der Waals surface area contributed by atoms with Crippen LogP contribution < -0.4 is 4.74 Å². The first kappa shape index (κ1) is 14.1. The summed E-state index contributed by atoms with van der Waals surface area (Å²) in [6, 6.07) is 5.74. The maximum absolute atomic E-state index is 6.14. The summed E-state index contributed by atoms with van der Waals surface area (Å²) in [6.07, 6.45) is 0. The van der Waals surface area contributed by atoms with Gasteiger partial charge in [-0.3, -0.25) is 4.90 Å². The van der Waals surface area contributed by atoms with E-state index in [1.54, 1.807) is 0 Å². The smallest absolute Gasteiger partial charge is 0.139 e. The highest BCUT2D eigenvalue weighted by Crippen LogP contribution is 2.31. The zero-order valence-corrected chi connectivity index (χ0v) is 12.9. The Bertz CT molecular complexity index is 395. The highest BCUT2D eigenvalue weighted by Gasteiger charge is 2.13. The Hall–Kier alpha value is -0.290. The van der Waals surface area contributed by atoms with E-state index in [0.29, 0.717) is 11.6 Å². The normalized spacial score (nSPS) is 17.9. The minimum absolute atomic E-state index is 0.649. The molecule has 1 saturated heterocycles. The van der Waals surface area contributed by atoms with Gasteiger partial charge >= 0.3 is 0 Å².